The van der Waals surface area contributed by atoms with Crippen molar-refractivity contribution in [3.63, 3.8) is 0 Å². The summed E-state index contributed by atoms with van der Waals surface area (Å²) in [6.07, 6.45) is 5.02. The first kappa shape index (κ1) is 18.0. The largest absolute Gasteiger partial charge is 0.469 e. The average molecular weight is 297 g/mol. The van der Waals surface area contributed by atoms with E-state index in [2.05, 4.69) is 33.0 Å². The average Bonchev–Trinajstić information content (AvgIpc) is 2.36. The molecule has 1 aliphatic rings. The molecule has 1 unspecified atom stereocenters. The molecule has 1 atom stereocenters. The van der Waals surface area contributed by atoms with Gasteiger partial charge in [0.15, 0.2) is 0 Å². The number of ether oxygens (including phenoxy) is 1. The third-order valence-corrected chi connectivity index (χ3v) is 4.12. The van der Waals surface area contributed by atoms with Crippen molar-refractivity contribution < 1.29 is 14.3 Å². The number of rotatable bonds is 5. The van der Waals surface area contributed by atoms with E-state index < -0.39 is 0 Å². The van der Waals surface area contributed by atoms with Crippen LogP contribution in [0.25, 0.3) is 0 Å². The number of amides is 1. The van der Waals surface area contributed by atoms with Crippen molar-refractivity contribution in [1.82, 2.24) is 5.32 Å². The summed E-state index contributed by atoms with van der Waals surface area (Å²) in [5, 5.41) is 3.12. The van der Waals surface area contributed by atoms with Gasteiger partial charge in [0.2, 0.25) is 5.91 Å². The van der Waals surface area contributed by atoms with Gasteiger partial charge in [-0.15, -0.1) is 0 Å². The maximum absolute atomic E-state index is 12.1. The van der Waals surface area contributed by atoms with Crippen molar-refractivity contribution in [2.45, 2.75) is 72.3 Å². The molecule has 0 heterocycles. The molecule has 1 amide bonds. The van der Waals surface area contributed by atoms with Gasteiger partial charge in [-0.05, 0) is 43.4 Å². The summed E-state index contributed by atoms with van der Waals surface area (Å²) >= 11 is 0. The van der Waals surface area contributed by atoms with Gasteiger partial charge in [0.1, 0.15) is 0 Å². The van der Waals surface area contributed by atoms with Crippen LogP contribution in [0.3, 0.4) is 0 Å². The van der Waals surface area contributed by atoms with Crippen LogP contribution in [0, 0.1) is 17.3 Å². The van der Waals surface area contributed by atoms with Crippen molar-refractivity contribution in [3.05, 3.63) is 0 Å². The van der Waals surface area contributed by atoms with E-state index >= 15 is 0 Å². The third kappa shape index (κ3) is 6.96. The number of carbonyl (C=O) groups excluding carboxylic acids is 2. The molecule has 0 aromatic carbocycles. The summed E-state index contributed by atoms with van der Waals surface area (Å²) in [7, 11) is 1.44. The molecule has 0 aliphatic heterocycles. The SMILES string of the molecule is COC(=O)C1CCC(NC(=O)CC(C)CC(C)(C)C)CC1. The minimum Gasteiger partial charge on any atom is -0.469 e. The Balaban J connectivity index is 2.29. The molecule has 1 fully saturated rings. The van der Waals surface area contributed by atoms with E-state index in [1.165, 1.54) is 7.11 Å². The summed E-state index contributed by atoms with van der Waals surface area (Å²) in [6, 6.07) is 0.222. The molecule has 0 aromatic rings. The van der Waals surface area contributed by atoms with E-state index in [4.69, 9.17) is 4.74 Å². The Morgan fingerprint density at radius 2 is 1.76 bits per heavy atom. The summed E-state index contributed by atoms with van der Waals surface area (Å²) in [6.45, 7) is 8.75. The highest BCUT2D eigenvalue weighted by Crippen LogP contribution is 2.27. The summed E-state index contributed by atoms with van der Waals surface area (Å²) in [5.74, 6) is 0.450. The van der Waals surface area contributed by atoms with Gasteiger partial charge in [-0.25, -0.2) is 0 Å². The van der Waals surface area contributed by atoms with Crippen LogP contribution in [0.4, 0.5) is 0 Å². The van der Waals surface area contributed by atoms with Gasteiger partial charge in [-0.3, -0.25) is 9.59 Å². The van der Waals surface area contributed by atoms with Crippen molar-refractivity contribution in [2.75, 3.05) is 7.11 Å². The smallest absolute Gasteiger partial charge is 0.308 e. The van der Waals surface area contributed by atoms with Crippen LogP contribution >= 0.6 is 0 Å². The Kier molecular flexibility index (Phi) is 6.69. The second kappa shape index (κ2) is 7.81. The van der Waals surface area contributed by atoms with E-state index in [0.29, 0.717) is 12.3 Å². The Morgan fingerprint density at radius 3 is 2.24 bits per heavy atom. The predicted octanol–water partition coefficient (Wildman–Crippen LogP) is 3.30. The van der Waals surface area contributed by atoms with Crippen molar-refractivity contribution in [1.29, 1.82) is 0 Å². The van der Waals surface area contributed by atoms with Crippen LogP contribution in [0.5, 0.6) is 0 Å². The van der Waals surface area contributed by atoms with Gasteiger partial charge < -0.3 is 10.1 Å². The maximum Gasteiger partial charge on any atom is 0.308 e. The van der Waals surface area contributed by atoms with Crippen molar-refractivity contribution in [3.8, 4) is 0 Å². The van der Waals surface area contributed by atoms with Gasteiger partial charge >= 0.3 is 5.97 Å². The first-order valence-electron chi connectivity index (χ1n) is 8.08. The Hall–Kier alpha value is -1.06. The zero-order valence-electron chi connectivity index (χ0n) is 14.2. The number of esters is 1. The van der Waals surface area contributed by atoms with Crippen LogP contribution in [0.15, 0.2) is 0 Å². The van der Waals surface area contributed by atoms with Crippen LogP contribution < -0.4 is 5.32 Å². The zero-order valence-corrected chi connectivity index (χ0v) is 14.2. The number of carbonyl (C=O) groups is 2. The van der Waals surface area contributed by atoms with E-state index in [-0.39, 0.29) is 29.3 Å². The zero-order chi connectivity index (χ0) is 16.0. The van der Waals surface area contributed by atoms with Gasteiger partial charge in [0.05, 0.1) is 13.0 Å². The molecule has 0 radical (unpaired) electrons. The van der Waals surface area contributed by atoms with Gasteiger partial charge in [-0.2, -0.15) is 0 Å². The molecule has 0 saturated heterocycles. The normalized spacial score (nSPS) is 24.2. The van der Waals surface area contributed by atoms with E-state index in [1.54, 1.807) is 0 Å². The van der Waals surface area contributed by atoms with Crippen LogP contribution in [-0.2, 0) is 14.3 Å². The fourth-order valence-electron chi connectivity index (χ4n) is 3.36. The molecule has 122 valence electrons. The fourth-order valence-corrected chi connectivity index (χ4v) is 3.36. The Bertz CT molecular complexity index is 352. The van der Waals surface area contributed by atoms with Gasteiger partial charge in [0, 0.05) is 12.5 Å². The second-order valence-corrected chi connectivity index (χ2v) is 7.71. The molecule has 0 aromatic heterocycles. The quantitative estimate of drug-likeness (QED) is 0.792. The van der Waals surface area contributed by atoms with E-state index in [9.17, 15) is 9.59 Å². The summed E-state index contributed by atoms with van der Waals surface area (Å²) < 4.78 is 4.78. The van der Waals surface area contributed by atoms with Gasteiger partial charge in [0.25, 0.3) is 0 Å². The molecule has 4 nitrogen and oxygen atoms in total. The molecular formula is C17H31NO3. The lowest BCUT2D eigenvalue weighted by Gasteiger charge is -2.28. The van der Waals surface area contributed by atoms with E-state index in [0.717, 1.165) is 32.1 Å². The minimum atomic E-state index is -0.112. The lowest BCUT2D eigenvalue weighted by atomic mass is 9.83. The van der Waals surface area contributed by atoms with Crippen molar-refractivity contribution in [2.24, 2.45) is 17.3 Å². The first-order valence-corrected chi connectivity index (χ1v) is 8.08. The fraction of sp³-hybridized carbons (Fsp3) is 0.882. The van der Waals surface area contributed by atoms with Crippen LogP contribution in [0.1, 0.15) is 66.2 Å². The minimum absolute atomic E-state index is 0.0166. The third-order valence-electron chi connectivity index (χ3n) is 4.12. The lowest BCUT2D eigenvalue weighted by Crippen LogP contribution is -2.39. The second-order valence-electron chi connectivity index (χ2n) is 7.71. The summed E-state index contributed by atoms with van der Waals surface area (Å²) in [4.78, 5) is 23.5. The van der Waals surface area contributed by atoms with Crippen LogP contribution in [0.2, 0.25) is 0 Å². The Morgan fingerprint density at radius 1 is 1.19 bits per heavy atom. The predicted molar refractivity (Wildman–Crippen MR) is 83.8 cm³/mol. The molecule has 4 heteroatoms. The molecule has 0 spiro atoms. The number of nitrogens with one attached hydrogen (secondary N) is 1. The number of hydrogen-bond donors (Lipinski definition) is 1. The molecule has 1 N–H and O–H groups in total. The highest BCUT2D eigenvalue weighted by molar-refractivity contribution is 5.76. The number of hydrogen-bond acceptors (Lipinski definition) is 3. The number of methoxy groups -OCH3 is 1. The van der Waals surface area contributed by atoms with E-state index in [1.807, 2.05) is 0 Å². The molecule has 1 saturated carbocycles. The van der Waals surface area contributed by atoms with Crippen molar-refractivity contribution >= 4 is 11.9 Å². The molecular weight excluding hydrogens is 266 g/mol. The standard InChI is InChI=1S/C17H31NO3/c1-12(11-17(2,3)4)10-15(19)18-14-8-6-13(7-9-14)16(20)21-5/h12-14H,6-11H2,1-5H3,(H,18,19). The topological polar surface area (TPSA) is 55.4 Å². The summed E-state index contributed by atoms with van der Waals surface area (Å²) in [5.41, 5.74) is 0.262. The highest BCUT2D eigenvalue weighted by Gasteiger charge is 2.28. The first-order chi connectivity index (χ1) is 9.71. The Labute approximate surface area is 129 Å². The molecule has 21 heavy (non-hydrogen) atoms. The molecule has 1 aliphatic carbocycles. The lowest BCUT2D eigenvalue weighted by molar-refractivity contribution is -0.146. The van der Waals surface area contributed by atoms with Crippen LogP contribution in [-0.4, -0.2) is 25.0 Å². The molecule has 1 rings (SSSR count). The monoisotopic (exact) mass is 297 g/mol. The molecule has 0 bridgehead atoms. The van der Waals surface area contributed by atoms with Gasteiger partial charge in [-0.1, -0.05) is 27.7 Å². The maximum atomic E-state index is 12.1. The highest BCUT2D eigenvalue weighted by atomic mass is 16.5.